The van der Waals surface area contributed by atoms with Gasteiger partial charge >= 0.3 is 0 Å². The lowest BCUT2D eigenvalue weighted by Crippen LogP contribution is -2.60. The molecule has 7 unspecified atom stereocenters. The van der Waals surface area contributed by atoms with Gasteiger partial charge in [0.05, 0.1) is 25.4 Å². The van der Waals surface area contributed by atoms with Crippen molar-refractivity contribution in [2.24, 2.45) is 0 Å². The normalized spacial score (nSPS) is 19.0. The predicted molar refractivity (Wildman–Crippen MR) is 323 cm³/mol. The second-order valence-corrected chi connectivity index (χ2v) is 23.3. The number of allylic oxidation sites excluding steroid dienone is 5. The molecule has 0 aromatic carbocycles. The summed E-state index contributed by atoms with van der Waals surface area (Å²) >= 11 is 0. The maximum absolute atomic E-state index is 13.1. The Hall–Kier alpha value is -1.59. The summed E-state index contributed by atoms with van der Waals surface area (Å²) in [5.41, 5.74) is 0. The zero-order valence-electron chi connectivity index (χ0n) is 50.0. The van der Waals surface area contributed by atoms with Gasteiger partial charge < -0.3 is 40.3 Å². The smallest absolute Gasteiger partial charge is 0.220 e. The van der Waals surface area contributed by atoms with Crippen LogP contribution in [0.4, 0.5) is 0 Å². The minimum Gasteiger partial charge on any atom is -0.394 e. The topological polar surface area (TPSA) is 149 Å². The van der Waals surface area contributed by atoms with E-state index in [1.165, 1.54) is 263 Å². The molecule has 448 valence electrons. The number of aliphatic hydroxyl groups excluding tert-OH is 5. The van der Waals surface area contributed by atoms with Crippen molar-refractivity contribution in [2.45, 2.75) is 371 Å². The first kappa shape index (κ1) is 72.4. The molecule has 9 heteroatoms. The van der Waals surface area contributed by atoms with Crippen LogP contribution in [0.1, 0.15) is 328 Å². The molecule has 7 atom stereocenters. The van der Waals surface area contributed by atoms with Crippen LogP contribution >= 0.6 is 0 Å². The van der Waals surface area contributed by atoms with Crippen molar-refractivity contribution in [1.82, 2.24) is 5.32 Å². The molecule has 9 nitrogen and oxygen atoms in total. The van der Waals surface area contributed by atoms with Gasteiger partial charge in [-0.2, -0.15) is 0 Å². The minimum absolute atomic E-state index is 0.172. The van der Waals surface area contributed by atoms with Gasteiger partial charge in [0.25, 0.3) is 0 Å². The van der Waals surface area contributed by atoms with Crippen LogP contribution in [0.25, 0.3) is 0 Å². The lowest BCUT2D eigenvalue weighted by molar-refractivity contribution is -0.302. The number of rotatable bonds is 58. The van der Waals surface area contributed by atoms with E-state index in [0.717, 1.165) is 44.9 Å². The van der Waals surface area contributed by atoms with Gasteiger partial charge in [-0.05, 0) is 51.4 Å². The monoisotopic (exact) mass is 1070 g/mol. The highest BCUT2D eigenvalue weighted by atomic mass is 16.7. The number of carbonyl (C=O) groups is 1. The summed E-state index contributed by atoms with van der Waals surface area (Å²) in [6, 6.07) is -0.804. The second kappa shape index (κ2) is 56.7. The predicted octanol–water partition coefficient (Wildman–Crippen LogP) is 17.5. The fourth-order valence-electron chi connectivity index (χ4n) is 10.7. The SMILES string of the molecule is CCCCCCCCCCCCCCC/C=C\C/C=C\CCCCCCCCCCCCCCCCCCCC(=O)NC(COC1OC(CO)C(O)C(O)C1O)C(O)/C=C/CCCCCCCCCCCCCCCC. The Balaban J connectivity index is 2.07. The Kier molecular flexibility index (Phi) is 54.0. The molecule has 0 aromatic rings. The molecular weight excluding hydrogens is 947 g/mol. The van der Waals surface area contributed by atoms with Crippen LogP contribution in [0.3, 0.4) is 0 Å². The number of hydrogen-bond acceptors (Lipinski definition) is 8. The van der Waals surface area contributed by atoms with E-state index in [2.05, 4.69) is 43.5 Å². The molecule has 0 aliphatic carbocycles. The van der Waals surface area contributed by atoms with Crippen molar-refractivity contribution in [3.05, 3.63) is 36.5 Å². The number of aliphatic hydroxyl groups is 5. The minimum atomic E-state index is -1.57. The standard InChI is InChI=1S/C67H127NO8/c1-3-5-7-9-11-13-15-17-19-21-22-23-24-25-26-27-28-29-30-31-32-33-34-35-36-37-38-39-40-41-43-45-47-49-51-53-55-57-63(71)68-60(59-75-67-66(74)65(73)64(72)62(58-69)76-67)61(70)56-54-52-50-48-46-44-42-20-18-16-14-12-10-8-6-4-2/h26-27,29-30,54,56,60-62,64-67,69-70,72-74H,3-25,28,31-53,55,57-59H2,1-2H3,(H,68,71)/b27-26-,30-29-,56-54+. The number of carbonyl (C=O) groups excluding carboxylic acids is 1. The number of unbranched alkanes of at least 4 members (excludes halogenated alkanes) is 44. The highest BCUT2D eigenvalue weighted by Gasteiger charge is 2.44. The molecular formula is C67H127NO8. The third-order valence-corrected chi connectivity index (χ3v) is 16.0. The Labute approximate surface area is 470 Å². The zero-order valence-corrected chi connectivity index (χ0v) is 50.0. The number of hydrogen-bond donors (Lipinski definition) is 6. The maximum Gasteiger partial charge on any atom is 0.220 e. The number of nitrogens with one attached hydrogen (secondary N) is 1. The lowest BCUT2D eigenvalue weighted by atomic mass is 9.99. The first-order chi connectivity index (χ1) is 37.3. The van der Waals surface area contributed by atoms with E-state index in [-0.39, 0.29) is 12.5 Å². The molecule has 1 amide bonds. The van der Waals surface area contributed by atoms with Gasteiger partial charge in [-0.1, -0.05) is 307 Å². The van der Waals surface area contributed by atoms with Crippen molar-refractivity contribution in [3.63, 3.8) is 0 Å². The molecule has 0 radical (unpaired) electrons. The molecule has 1 heterocycles. The van der Waals surface area contributed by atoms with Gasteiger partial charge in [-0.3, -0.25) is 4.79 Å². The molecule has 0 saturated carbocycles. The van der Waals surface area contributed by atoms with E-state index in [4.69, 9.17) is 9.47 Å². The molecule has 1 saturated heterocycles. The summed E-state index contributed by atoms with van der Waals surface area (Å²) in [6.07, 6.45) is 68.2. The van der Waals surface area contributed by atoms with Crippen LogP contribution in [-0.4, -0.2) is 87.5 Å². The van der Waals surface area contributed by atoms with Gasteiger partial charge in [0.2, 0.25) is 5.91 Å². The average Bonchev–Trinajstić information content (AvgIpc) is 3.42. The first-order valence-electron chi connectivity index (χ1n) is 33.2. The van der Waals surface area contributed by atoms with Crippen LogP contribution in [0, 0.1) is 0 Å². The Morgan fingerprint density at radius 1 is 0.447 bits per heavy atom. The molecule has 0 spiro atoms. The summed E-state index contributed by atoms with van der Waals surface area (Å²) in [7, 11) is 0. The fourth-order valence-corrected chi connectivity index (χ4v) is 10.7. The quantitative estimate of drug-likeness (QED) is 0.0261. The van der Waals surface area contributed by atoms with Crippen molar-refractivity contribution < 1.29 is 39.8 Å². The van der Waals surface area contributed by atoms with E-state index >= 15 is 0 Å². The van der Waals surface area contributed by atoms with Gasteiger partial charge in [0.15, 0.2) is 6.29 Å². The highest BCUT2D eigenvalue weighted by molar-refractivity contribution is 5.76. The third kappa shape index (κ3) is 45.2. The van der Waals surface area contributed by atoms with Gasteiger partial charge in [-0.15, -0.1) is 0 Å². The van der Waals surface area contributed by atoms with Crippen LogP contribution in [0.15, 0.2) is 36.5 Å². The summed E-state index contributed by atoms with van der Waals surface area (Å²) in [5, 5.41) is 54.6. The summed E-state index contributed by atoms with van der Waals surface area (Å²) in [4.78, 5) is 13.1. The van der Waals surface area contributed by atoms with E-state index in [1.807, 2.05) is 6.08 Å². The Morgan fingerprint density at radius 2 is 0.776 bits per heavy atom. The van der Waals surface area contributed by atoms with Crippen LogP contribution in [-0.2, 0) is 14.3 Å². The van der Waals surface area contributed by atoms with E-state index in [1.54, 1.807) is 6.08 Å². The largest absolute Gasteiger partial charge is 0.394 e. The molecule has 0 bridgehead atoms. The van der Waals surface area contributed by atoms with Gasteiger partial charge in [0, 0.05) is 6.42 Å². The van der Waals surface area contributed by atoms with Crippen molar-refractivity contribution in [1.29, 1.82) is 0 Å². The molecule has 1 aliphatic rings. The first-order valence-corrected chi connectivity index (χ1v) is 33.2. The summed E-state index contributed by atoms with van der Waals surface area (Å²) in [6.45, 7) is 3.82. The van der Waals surface area contributed by atoms with Crippen molar-refractivity contribution in [2.75, 3.05) is 13.2 Å². The highest BCUT2D eigenvalue weighted by Crippen LogP contribution is 2.23. The Morgan fingerprint density at radius 3 is 1.13 bits per heavy atom. The molecule has 1 rings (SSSR count). The van der Waals surface area contributed by atoms with Crippen LogP contribution in [0.2, 0.25) is 0 Å². The average molecular weight is 1070 g/mol. The molecule has 1 fully saturated rings. The molecule has 6 N–H and O–H groups in total. The van der Waals surface area contributed by atoms with Crippen LogP contribution in [0.5, 0.6) is 0 Å². The van der Waals surface area contributed by atoms with Crippen molar-refractivity contribution in [3.8, 4) is 0 Å². The zero-order chi connectivity index (χ0) is 55.0. The van der Waals surface area contributed by atoms with Gasteiger partial charge in [-0.25, -0.2) is 0 Å². The molecule has 0 aromatic heterocycles. The number of amides is 1. The van der Waals surface area contributed by atoms with Crippen molar-refractivity contribution >= 4 is 5.91 Å². The van der Waals surface area contributed by atoms with E-state index in [9.17, 15) is 30.3 Å². The summed E-state index contributed by atoms with van der Waals surface area (Å²) < 4.78 is 11.3. The maximum atomic E-state index is 13.1. The van der Waals surface area contributed by atoms with Crippen LogP contribution < -0.4 is 5.32 Å². The lowest BCUT2D eigenvalue weighted by Gasteiger charge is -2.40. The second-order valence-electron chi connectivity index (χ2n) is 23.3. The fraction of sp³-hybridized carbons (Fsp3) is 0.896. The molecule has 1 aliphatic heterocycles. The Bertz CT molecular complexity index is 1290. The number of ether oxygens (including phenoxy) is 2. The van der Waals surface area contributed by atoms with E-state index < -0.39 is 49.5 Å². The van der Waals surface area contributed by atoms with Gasteiger partial charge in [0.1, 0.15) is 24.4 Å². The summed E-state index contributed by atoms with van der Waals surface area (Å²) in [5.74, 6) is -0.172. The molecule has 76 heavy (non-hydrogen) atoms. The third-order valence-electron chi connectivity index (χ3n) is 16.0. The van der Waals surface area contributed by atoms with E-state index in [0.29, 0.717) is 6.42 Å².